The van der Waals surface area contributed by atoms with Crippen LogP contribution in [0.1, 0.15) is 26.7 Å². The number of nitrogens with one attached hydrogen (secondary N) is 1. The van der Waals surface area contributed by atoms with Gasteiger partial charge in [0.05, 0.1) is 10.6 Å². The van der Waals surface area contributed by atoms with Crippen LogP contribution in [0.5, 0.6) is 0 Å². The van der Waals surface area contributed by atoms with Crippen molar-refractivity contribution in [3.63, 3.8) is 0 Å². The van der Waals surface area contributed by atoms with Crippen LogP contribution in [0, 0.1) is 10.1 Å². The number of anilines is 1. The fourth-order valence-corrected chi connectivity index (χ4v) is 4.43. The Kier molecular flexibility index (Phi) is 4.48. The van der Waals surface area contributed by atoms with Crippen molar-refractivity contribution in [2.75, 3.05) is 18.4 Å². The first-order valence-corrected chi connectivity index (χ1v) is 8.36. The predicted octanol–water partition coefficient (Wildman–Crippen LogP) is 2.20. The lowest BCUT2D eigenvalue weighted by atomic mass is 10.3. The molecule has 116 valence electrons. The highest BCUT2D eigenvalue weighted by atomic mass is 32.2. The highest BCUT2D eigenvalue weighted by Gasteiger charge is 2.34. The Morgan fingerprint density at radius 3 is 2.71 bits per heavy atom. The molecule has 0 bridgehead atoms. The first-order valence-electron chi connectivity index (χ1n) is 6.92. The van der Waals surface area contributed by atoms with Crippen LogP contribution in [0.25, 0.3) is 0 Å². The van der Waals surface area contributed by atoms with Crippen molar-refractivity contribution in [1.29, 1.82) is 0 Å². The average molecular weight is 313 g/mol. The number of rotatable bonds is 5. The van der Waals surface area contributed by atoms with E-state index < -0.39 is 14.9 Å². The molecular formula is C13H19N3O4S. The highest BCUT2D eigenvalue weighted by molar-refractivity contribution is 7.89. The number of sulfonamides is 1. The lowest BCUT2D eigenvalue weighted by Gasteiger charge is -2.22. The van der Waals surface area contributed by atoms with Gasteiger partial charge >= 0.3 is 0 Å². The van der Waals surface area contributed by atoms with Crippen LogP contribution in [-0.4, -0.2) is 36.8 Å². The molecular weight excluding hydrogens is 294 g/mol. The van der Waals surface area contributed by atoms with Crippen molar-refractivity contribution in [2.45, 2.75) is 37.6 Å². The molecule has 1 aromatic rings. The SMILES string of the molecule is CCNc1cc([N+](=O)[O-])ccc1S(=O)(=O)N1CCCC1C. The molecule has 1 saturated heterocycles. The minimum absolute atomic E-state index is 0.0420. The molecule has 7 nitrogen and oxygen atoms in total. The maximum atomic E-state index is 12.7. The van der Waals surface area contributed by atoms with Gasteiger partial charge in [0.1, 0.15) is 4.90 Å². The van der Waals surface area contributed by atoms with E-state index in [1.54, 1.807) is 0 Å². The average Bonchev–Trinajstić information content (AvgIpc) is 2.85. The predicted molar refractivity (Wildman–Crippen MR) is 79.8 cm³/mol. The summed E-state index contributed by atoms with van der Waals surface area (Å²) in [6.07, 6.45) is 1.67. The molecule has 1 fully saturated rings. The number of hydrogen-bond donors (Lipinski definition) is 1. The Morgan fingerprint density at radius 2 is 2.19 bits per heavy atom. The Labute approximate surface area is 124 Å². The molecule has 0 aromatic heterocycles. The van der Waals surface area contributed by atoms with Gasteiger partial charge in [-0.25, -0.2) is 8.42 Å². The van der Waals surface area contributed by atoms with Crippen molar-refractivity contribution in [2.24, 2.45) is 0 Å². The molecule has 1 N–H and O–H groups in total. The summed E-state index contributed by atoms with van der Waals surface area (Å²) in [6, 6.07) is 3.78. The van der Waals surface area contributed by atoms with Crippen LogP contribution < -0.4 is 5.32 Å². The monoisotopic (exact) mass is 313 g/mol. The third-order valence-electron chi connectivity index (χ3n) is 3.62. The summed E-state index contributed by atoms with van der Waals surface area (Å²) in [5.41, 5.74) is 0.158. The second-order valence-electron chi connectivity index (χ2n) is 5.07. The van der Waals surface area contributed by atoms with Crippen molar-refractivity contribution >= 4 is 21.4 Å². The molecule has 1 atom stereocenters. The quantitative estimate of drug-likeness (QED) is 0.664. The van der Waals surface area contributed by atoms with Crippen molar-refractivity contribution < 1.29 is 13.3 Å². The largest absolute Gasteiger partial charge is 0.384 e. The number of nitro groups is 1. The molecule has 1 heterocycles. The minimum atomic E-state index is -3.63. The van der Waals surface area contributed by atoms with E-state index in [1.165, 1.54) is 22.5 Å². The third-order valence-corrected chi connectivity index (χ3v) is 5.69. The number of non-ortho nitro benzene ring substituents is 1. The van der Waals surface area contributed by atoms with Crippen LogP contribution in [0.2, 0.25) is 0 Å². The Morgan fingerprint density at radius 1 is 1.48 bits per heavy atom. The van der Waals surface area contributed by atoms with Gasteiger partial charge in [0.25, 0.3) is 5.69 Å². The van der Waals surface area contributed by atoms with Gasteiger partial charge in [-0.05, 0) is 32.8 Å². The van der Waals surface area contributed by atoms with E-state index in [0.717, 1.165) is 12.8 Å². The van der Waals surface area contributed by atoms with Gasteiger partial charge in [-0.15, -0.1) is 0 Å². The molecule has 1 aromatic carbocycles. The second kappa shape index (κ2) is 5.98. The summed E-state index contributed by atoms with van der Waals surface area (Å²) in [4.78, 5) is 10.4. The van der Waals surface area contributed by atoms with Crippen molar-refractivity contribution in [3.05, 3.63) is 28.3 Å². The fourth-order valence-electron chi connectivity index (χ4n) is 2.58. The minimum Gasteiger partial charge on any atom is -0.384 e. The van der Waals surface area contributed by atoms with Gasteiger partial charge < -0.3 is 5.32 Å². The van der Waals surface area contributed by atoms with Gasteiger partial charge in [-0.1, -0.05) is 0 Å². The zero-order valence-corrected chi connectivity index (χ0v) is 12.9. The fraction of sp³-hybridized carbons (Fsp3) is 0.538. The molecule has 21 heavy (non-hydrogen) atoms. The maximum Gasteiger partial charge on any atom is 0.271 e. The highest BCUT2D eigenvalue weighted by Crippen LogP contribution is 2.32. The van der Waals surface area contributed by atoms with E-state index in [1.807, 2.05) is 13.8 Å². The molecule has 0 radical (unpaired) electrons. The van der Waals surface area contributed by atoms with Crippen LogP contribution in [-0.2, 0) is 10.0 Å². The Bertz CT molecular complexity index is 645. The second-order valence-corrected chi connectivity index (χ2v) is 6.93. The standard InChI is InChI=1S/C13H19N3O4S/c1-3-14-12-9-11(16(17)18)6-7-13(12)21(19,20)15-8-4-5-10(15)2/h6-7,9-10,14H,3-5,8H2,1-2H3. The van der Waals surface area contributed by atoms with Gasteiger partial charge in [0.2, 0.25) is 10.0 Å². The van der Waals surface area contributed by atoms with Crippen LogP contribution in [0.15, 0.2) is 23.1 Å². The number of nitrogens with zero attached hydrogens (tertiary/aromatic N) is 2. The molecule has 1 unspecified atom stereocenters. The van der Waals surface area contributed by atoms with Crippen LogP contribution in [0.3, 0.4) is 0 Å². The van der Waals surface area contributed by atoms with Gasteiger partial charge in [0.15, 0.2) is 0 Å². The van der Waals surface area contributed by atoms with Crippen LogP contribution >= 0.6 is 0 Å². The van der Waals surface area contributed by atoms with Crippen LogP contribution in [0.4, 0.5) is 11.4 Å². The molecule has 0 aliphatic carbocycles. The molecule has 1 aliphatic heterocycles. The van der Waals surface area contributed by atoms with E-state index in [0.29, 0.717) is 13.1 Å². The maximum absolute atomic E-state index is 12.7. The van der Waals surface area contributed by atoms with Gasteiger partial charge in [0, 0.05) is 31.3 Å². The summed E-state index contributed by atoms with van der Waals surface area (Å²) in [5.74, 6) is 0. The first-order chi connectivity index (χ1) is 9.87. The zero-order valence-electron chi connectivity index (χ0n) is 12.1. The molecule has 0 saturated carbocycles. The first kappa shape index (κ1) is 15.7. The van der Waals surface area contributed by atoms with E-state index in [9.17, 15) is 18.5 Å². The lowest BCUT2D eigenvalue weighted by Crippen LogP contribution is -2.34. The Hall–Kier alpha value is -1.67. The third kappa shape index (κ3) is 3.01. The normalized spacial score (nSPS) is 19.6. The van der Waals surface area contributed by atoms with Crippen molar-refractivity contribution in [1.82, 2.24) is 4.31 Å². The topological polar surface area (TPSA) is 92.5 Å². The summed E-state index contributed by atoms with van der Waals surface area (Å²) in [7, 11) is -3.63. The smallest absolute Gasteiger partial charge is 0.271 e. The molecule has 8 heteroatoms. The number of nitro benzene ring substituents is 1. The van der Waals surface area contributed by atoms with Crippen molar-refractivity contribution in [3.8, 4) is 0 Å². The van der Waals surface area contributed by atoms with E-state index in [-0.39, 0.29) is 22.3 Å². The summed E-state index contributed by atoms with van der Waals surface area (Å²) < 4.78 is 26.9. The van der Waals surface area contributed by atoms with E-state index >= 15 is 0 Å². The Balaban J connectivity index is 2.49. The van der Waals surface area contributed by atoms with E-state index in [2.05, 4.69) is 5.32 Å². The van der Waals surface area contributed by atoms with Gasteiger partial charge in [-0.2, -0.15) is 4.31 Å². The van der Waals surface area contributed by atoms with Gasteiger partial charge in [-0.3, -0.25) is 10.1 Å². The summed E-state index contributed by atoms with van der Waals surface area (Å²) in [5, 5.41) is 13.8. The van der Waals surface area contributed by atoms with E-state index in [4.69, 9.17) is 0 Å². The molecule has 2 rings (SSSR count). The molecule has 0 spiro atoms. The summed E-state index contributed by atoms with van der Waals surface area (Å²) >= 11 is 0. The lowest BCUT2D eigenvalue weighted by molar-refractivity contribution is -0.384. The summed E-state index contributed by atoms with van der Waals surface area (Å²) in [6.45, 7) is 4.67. The number of benzene rings is 1. The molecule has 1 aliphatic rings. The zero-order chi connectivity index (χ0) is 15.6. The number of hydrogen-bond acceptors (Lipinski definition) is 5. The molecule has 0 amide bonds.